The zero-order chi connectivity index (χ0) is 19.1. The second-order valence-corrected chi connectivity index (χ2v) is 8.07. The van der Waals surface area contributed by atoms with E-state index in [4.69, 9.17) is 4.74 Å². The van der Waals surface area contributed by atoms with E-state index in [9.17, 15) is 0 Å². The summed E-state index contributed by atoms with van der Waals surface area (Å²) in [6.45, 7) is 9.17. The fraction of sp³-hybridized carbons (Fsp3) is 0.500. The van der Waals surface area contributed by atoms with Crippen molar-refractivity contribution in [2.75, 3.05) is 39.9 Å². The highest BCUT2D eigenvalue weighted by molar-refractivity contribution is 7.11. The largest absolute Gasteiger partial charge is 0.379 e. The van der Waals surface area contributed by atoms with Crippen molar-refractivity contribution in [1.82, 2.24) is 20.5 Å². The molecule has 1 fully saturated rings. The molecule has 0 amide bonds. The lowest BCUT2D eigenvalue weighted by molar-refractivity contribution is 0.0170. The van der Waals surface area contributed by atoms with E-state index < -0.39 is 0 Å². The van der Waals surface area contributed by atoms with Crippen LogP contribution < -0.4 is 10.6 Å². The molecule has 0 saturated carbocycles. The first-order valence-corrected chi connectivity index (χ1v) is 10.2. The molecule has 1 aliphatic heterocycles. The Hall–Kier alpha value is -1.96. The minimum absolute atomic E-state index is 0.287. The lowest BCUT2D eigenvalue weighted by atomic mass is 10.0. The maximum absolute atomic E-state index is 5.54. The monoisotopic (exact) mass is 387 g/mol. The van der Waals surface area contributed by atoms with Gasteiger partial charge in [-0.15, -0.1) is 11.3 Å². The van der Waals surface area contributed by atoms with Crippen LogP contribution in [0.25, 0.3) is 0 Å². The number of benzene rings is 1. The molecule has 0 radical (unpaired) electrons. The van der Waals surface area contributed by atoms with E-state index >= 15 is 0 Å². The van der Waals surface area contributed by atoms with E-state index in [2.05, 4.69) is 63.6 Å². The molecular weight excluding hydrogens is 358 g/mol. The molecular formula is C20H29N5OS. The van der Waals surface area contributed by atoms with Gasteiger partial charge in [-0.3, -0.25) is 9.89 Å². The van der Waals surface area contributed by atoms with Crippen molar-refractivity contribution < 1.29 is 4.74 Å². The second-order valence-electron chi connectivity index (χ2n) is 6.75. The van der Waals surface area contributed by atoms with Crippen LogP contribution in [0.3, 0.4) is 0 Å². The number of thiazole rings is 1. The summed E-state index contributed by atoms with van der Waals surface area (Å²) in [6.07, 6.45) is 1.91. The summed E-state index contributed by atoms with van der Waals surface area (Å²) in [4.78, 5) is 12.5. The molecule has 0 spiro atoms. The molecule has 146 valence electrons. The van der Waals surface area contributed by atoms with Crippen LogP contribution >= 0.6 is 11.3 Å². The Morgan fingerprint density at radius 2 is 2.11 bits per heavy atom. The third-order valence-electron chi connectivity index (χ3n) is 4.68. The number of aliphatic imine (C=N–C) groups is 1. The van der Waals surface area contributed by atoms with Crippen molar-refractivity contribution in [3.63, 3.8) is 0 Å². The number of nitrogens with zero attached hydrogens (tertiary/aromatic N) is 3. The molecule has 0 bridgehead atoms. The first-order valence-electron chi connectivity index (χ1n) is 9.40. The van der Waals surface area contributed by atoms with Gasteiger partial charge in [0, 0.05) is 37.8 Å². The standard InChI is InChI=1S/C20H29N5OS/c1-15-5-4-6-17(11-15)18(25-7-9-26-10-8-25)13-23-20(21-3)24-14-19-22-12-16(2)27-19/h4-6,11-12,18H,7-10,13-14H2,1-3H3,(H2,21,23,24). The molecule has 1 atom stereocenters. The summed E-state index contributed by atoms with van der Waals surface area (Å²) in [7, 11) is 1.80. The molecule has 1 aromatic heterocycles. The fourth-order valence-corrected chi connectivity index (χ4v) is 4.01. The highest BCUT2D eigenvalue weighted by Gasteiger charge is 2.23. The highest BCUT2D eigenvalue weighted by atomic mass is 32.1. The number of ether oxygens (including phenoxy) is 1. The molecule has 3 rings (SSSR count). The van der Waals surface area contributed by atoms with Crippen LogP contribution in [0, 0.1) is 13.8 Å². The van der Waals surface area contributed by atoms with Gasteiger partial charge in [-0.05, 0) is 19.4 Å². The Morgan fingerprint density at radius 1 is 1.30 bits per heavy atom. The Bertz CT molecular complexity index is 754. The Balaban J connectivity index is 1.63. The molecule has 2 heterocycles. The van der Waals surface area contributed by atoms with Crippen LogP contribution in [0.2, 0.25) is 0 Å². The summed E-state index contributed by atoms with van der Waals surface area (Å²) in [5.74, 6) is 0.800. The van der Waals surface area contributed by atoms with E-state index in [1.54, 1.807) is 18.4 Å². The minimum Gasteiger partial charge on any atom is -0.379 e. The van der Waals surface area contributed by atoms with Crippen molar-refractivity contribution in [3.8, 4) is 0 Å². The quantitative estimate of drug-likeness (QED) is 0.589. The van der Waals surface area contributed by atoms with Crippen LogP contribution in [0.15, 0.2) is 35.5 Å². The maximum atomic E-state index is 5.54. The highest BCUT2D eigenvalue weighted by Crippen LogP contribution is 2.22. The molecule has 0 aliphatic carbocycles. The zero-order valence-electron chi connectivity index (χ0n) is 16.4. The molecule has 1 aliphatic rings. The van der Waals surface area contributed by atoms with Gasteiger partial charge in [-0.2, -0.15) is 0 Å². The van der Waals surface area contributed by atoms with Gasteiger partial charge in [0.2, 0.25) is 0 Å². The van der Waals surface area contributed by atoms with Gasteiger partial charge in [0.25, 0.3) is 0 Å². The predicted molar refractivity (Wildman–Crippen MR) is 111 cm³/mol. The van der Waals surface area contributed by atoms with Crippen molar-refractivity contribution >= 4 is 17.3 Å². The van der Waals surface area contributed by atoms with Crippen LogP contribution in [-0.4, -0.2) is 55.7 Å². The number of hydrogen-bond acceptors (Lipinski definition) is 5. The lowest BCUT2D eigenvalue weighted by Gasteiger charge is -2.35. The van der Waals surface area contributed by atoms with E-state index in [1.807, 2.05) is 6.20 Å². The predicted octanol–water partition coefficient (Wildman–Crippen LogP) is 2.50. The first-order chi connectivity index (χ1) is 13.2. The van der Waals surface area contributed by atoms with Crippen molar-refractivity contribution in [1.29, 1.82) is 0 Å². The van der Waals surface area contributed by atoms with Crippen molar-refractivity contribution in [3.05, 3.63) is 51.5 Å². The summed E-state index contributed by atoms with van der Waals surface area (Å²) in [6, 6.07) is 9.05. The number of rotatable bonds is 6. The third-order valence-corrected chi connectivity index (χ3v) is 5.59. The Kier molecular flexibility index (Phi) is 7.20. The van der Waals surface area contributed by atoms with Crippen LogP contribution in [0.4, 0.5) is 0 Å². The van der Waals surface area contributed by atoms with Crippen LogP contribution in [0.5, 0.6) is 0 Å². The van der Waals surface area contributed by atoms with Crippen LogP contribution in [-0.2, 0) is 11.3 Å². The third kappa shape index (κ3) is 5.76. The molecule has 7 heteroatoms. The second kappa shape index (κ2) is 9.82. The lowest BCUT2D eigenvalue weighted by Crippen LogP contribution is -2.46. The molecule has 27 heavy (non-hydrogen) atoms. The molecule has 1 aromatic carbocycles. The summed E-state index contributed by atoms with van der Waals surface area (Å²) < 4.78 is 5.54. The van der Waals surface area contributed by atoms with Crippen molar-refractivity contribution in [2.45, 2.75) is 26.4 Å². The van der Waals surface area contributed by atoms with Gasteiger partial charge < -0.3 is 15.4 Å². The first kappa shape index (κ1) is 19.8. The van der Waals surface area contributed by atoms with Gasteiger partial charge in [0.1, 0.15) is 5.01 Å². The number of guanidine groups is 1. The Morgan fingerprint density at radius 3 is 2.78 bits per heavy atom. The number of aromatic nitrogens is 1. The molecule has 1 saturated heterocycles. The van der Waals surface area contributed by atoms with Gasteiger partial charge >= 0.3 is 0 Å². The summed E-state index contributed by atoms with van der Waals surface area (Å²) >= 11 is 1.71. The fourth-order valence-electron chi connectivity index (χ4n) is 3.28. The summed E-state index contributed by atoms with van der Waals surface area (Å²) in [5, 5.41) is 7.93. The van der Waals surface area contributed by atoms with Gasteiger partial charge in [-0.25, -0.2) is 4.98 Å². The number of aryl methyl sites for hydroxylation is 2. The summed E-state index contributed by atoms with van der Waals surface area (Å²) in [5.41, 5.74) is 2.61. The normalized spacial score (nSPS) is 16.9. The average molecular weight is 388 g/mol. The number of morpholine rings is 1. The average Bonchev–Trinajstić information content (AvgIpc) is 3.10. The zero-order valence-corrected chi connectivity index (χ0v) is 17.2. The van der Waals surface area contributed by atoms with Gasteiger partial charge in [-0.1, -0.05) is 29.8 Å². The number of hydrogen-bond donors (Lipinski definition) is 2. The van der Waals surface area contributed by atoms with E-state index in [-0.39, 0.29) is 6.04 Å². The topological polar surface area (TPSA) is 61.8 Å². The molecule has 2 N–H and O–H groups in total. The Labute approximate surface area is 165 Å². The smallest absolute Gasteiger partial charge is 0.191 e. The van der Waals surface area contributed by atoms with E-state index in [1.165, 1.54) is 16.0 Å². The SMILES string of the molecule is CN=C(NCc1ncc(C)s1)NCC(c1cccc(C)c1)N1CCOCC1. The van der Waals surface area contributed by atoms with E-state index in [0.717, 1.165) is 43.8 Å². The van der Waals surface area contributed by atoms with Crippen LogP contribution in [0.1, 0.15) is 27.1 Å². The van der Waals surface area contributed by atoms with Crippen molar-refractivity contribution in [2.24, 2.45) is 4.99 Å². The number of nitrogens with one attached hydrogen (secondary N) is 2. The van der Waals surface area contributed by atoms with Gasteiger partial charge in [0.05, 0.1) is 25.8 Å². The molecule has 2 aromatic rings. The van der Waals surface area contributed by atoms with E-state index in [0.29, 0.717) is 6.54 Å². The minimum atomic E-state index is 0.287. The van der Waals surface area contributed by atoms with Gasteiger partial charge in [0.15, 0.2) is 5.96 Å². The molecule has 1 unspecified atom stereocenters. The molecule has 6 nitrogen and oxygen atoms in total. The maximum Gasteiger partial charge on any atom is 0.191 e.